The summed E-state index contributed by atoms with van der Waals surface area (Å²) in [6, 6.07) is 13.0. The van der Waals surface area contributed by atoms with Gasteiger partial charge in [0, 0.05) is 24.2 Å². The van der Waals surface area contributed by atoms with Gasteiger partial charge < -0.3 is 18.9 Å². The lowest BCUT2D eigenvalue weighted by Crippen LogP contribution is -2.42. The van der Waals surface area contributed by atoms with Crippen LogP contribution < -0.4 is 4.74 Å². The topological polar surface area (TPSA) is 77.7 Å². The fourth-order valence-corrected chi connectivity index (χ4v) is 2.85. The number of benzene rings is 2. The van der Waals surface area contributed by atoms with Crippen LogP contribution in [0.1, 0.15) is 0 Å². The second-order valence-corrected chi connectivity index (χ2v) is 6.24. The van der Waals surface area contributed by atoms with E-state index in [0.717, 1.165) is 0 Å². The number of amides is 1. The third-order valence-corrected chi connectivity index (χ3v) is 4.32. The molecule has 1 fully saturated rings. The third kappa shape index (κ3) is 4.17. The molecule has 0 aliphatic carbocycles. The number of carbonyl (C=O) groups is 1. The number of halogens is 1. The van der Waals surface area contributed by atoms with Gasteiger partial charge in [0.05, 0.1) is 13.2 Å². The van der Waals surface area contributed by atoms with Crippen LogP contribution in [0.15, 0.2) is 53.1 Å². The van der Waals surface area contributed by atoms with E-state index in [1.54, 1.807) is 41.3 Å². The van der Waals surface area contributed by atoms with E-state index in [2.05, 4.69) is 10.1 Å². The van der Waals surface area contributed by atoms with Gasteiger partial charge in [-0.1, -0.05) is 23.4 Å². The molecule has 1 aliphatic heterocycles. The first-order valence-electron chi connectivity index (χ1n) is 8.87. The van der Waals surface area contributed by atoms with E-state index in [1.807, 2.05) is 0 Å². The van der Waals surface area contributed by atoms with Crippen molar-refractivity contribution in [3.05, 3.63) is 54.3 Å². The highest BCUT2D eigenvalue weighted by molar-refractivity contribution is 5.78. The van der Waals surface area contributed by atoms with E-state index in [4.69, 9.17) is 14.0 Å². The molecule has 4 rings (SSSR count). The monoisotopic (exact) mass is 383 g/mol. The van der Waals surface area contributed by atoms with Crippen molar-refractivity contribution in [2.24, 2.45) is 0 Å². The van der Waals surface area contributed by atoms with Crippen LogP contribution in [0.2, 0.25) is 0 Å². The minimum Gasteiger partial charge on any atom is -0.484 e. The van der Waals surface area contributed by atoms with Gasteiger partial charge in [-0.15, -0.1) is 0 Å². The van der Waals surface area contributed by atoms with Gasteiger partial charge in [-0.25, -0.2) is 4.39 Å². The SMILES string of the molecule is O=C(COc1cccc(-c2noc(-c3cccc(F)c3)n2)c1)N1CCOCC1. The minimum atomic E-state index is -0.377. The van der Waals surface area contributed by atoms with Crippen LogP contribution in [-0.2, 0) is 9.53 Å². The second-order valence-electron chi connectivity index (χ2n) is 6.24. The van der Waals surface area contributed by atoms with Crippen LogP contribution >= 0.6 is 0 Å². The molecule has 1 aromatic heterocycles. The molecule has 8 heteroatoms. The van der Waals surface area contributed by atoms with Crippen LogP contribution in [0.3, 0.4) is 0 Å². The van der Waals surface area contributed by atoms with Crippen molar-refractivity contribution in [1.82, 2.24) is 15.0 Å². The molecule has 0 atom stereocenters. The van der Waals surface area contributed by atoms with Gasteiger partial charge in [-0.2, -0.15) is 4.98 Å². The molecule has 0 spiro atoms. The molecule has 0 saturated carbocycles. The average Bonchev–Trinajstić information content (AvgIpc) is 3.23. The van der Waals surface area contributed by atoms with Crippen molar-refractivity contribution in [3.63, 3.8) is 0 Å². The highest BCUT2D eigenvalue weighted by atomic mass is 19.1. The number of hydrogen-bond acceptors (Lipinski definition) is 6. The Kier molecular flexibility index (Phi) is 5.29. The van der Waals surface area contributed by atoms with Crippen LogP contribution in [0.4, 0.5) is 4.39 Å². The molecule has 1 amide bonds. The van der Waals surface area contributed by atoms with Gasteiger partial charge in [0.1, 0.15) is 11.6 Å². The first-order valence-corrected chi connectivity index (χ1v) is 8.87. The van der Waals surface area contributed by atoms with Crippen LogP contribution in [0, 0.1) is 5.82 Å². The highest BCUT2D eigenvalue weighted by Gasteiger charge is 2.17. The quantitative estimate of drug-likeness (QED) is 0.674. The number of morpholine rings is 1. The molecule has 0 N–H and O–H groups in total. The van der Waals surface area contributed by atoms with Crippen molar-refractivity contribution in [3.8, 4) is 28.6 Å². The number of carbonyl (C=O) groups excluding carboxylic acids is 1. The molecule has 2 heterocycles. The van der Waals surface area contributed by atoms with Gasteiger partial charge in [0.15, 0.2) is 6.61 Å². The Balaban J connectivity index is 1.44. The predicted octanol–water partition coefficient (Wildman–Crippen LogP) is 2.78. The lowest BCUT2D eigenvalue weighted by atomic mass is 10.2. The van der Waals surface area contributed by atoms with Crippen molar-refractivity contribution in [2.45, 2.75) is 0 Å². The van der Waals surface area contributed by atoms with Gasteiger partial charge in [0.2, 0.25) is 5.82 Å². The summed E-state index contributed by atoms with van der Waals surface area (Å²) < 4.78 is 29.5. The summed E-state index contributed by atoms with van der Waals surface area (Å²) in [6.07, 6.45) is 0. The highest BCUT2D eigenvalue weighted by Crippen LogP contribution is 2.25. The molecule has 3 aromatic rings. The normalized spacial score (nSPS) is 14.1. The van der Waals surface area contributed by atoms with Crippen molar-refractivity contribution in [1.29, 1.82) is 0 Å². The Bertz CT molecular complexity index is 969. The van der Waals surface area contributed by atoms with E-state index >= 15 is 0 Å². The summed E-state index contributed by atoms with van der Waals surface area (Å²) in [5.74, 6) is 0.642. The smallest absolute Gasteiger partial charge is 0.260 e. The zero-order valence-corrected chi connectivity index (χ0v) is 15.0. The Morgan fingerprint density at radius 1 is 1.11 bits per heavy atom. The molecule has 144 valence electrons. The summed E-state index contributed by atoms with van der Waals surface area (Å²) in [5, 5.41) is 3.95. The van der Waals surface area contributed by atoms with Crippen LogP contribution in [0.5, 0.6) is 5.75 Å². The van der Waals surface area contributed by atoms with Gasteiger partial charge in [-0.05, 0) is 30.3 Å². The van der Waals surface area contributed by atoms with Gasteiger partial charge in [-0.3, -0.25) is 4.79 Å². The Labute approximate surface area is 160 Å². The molecule has 0 unspecified atom stereocenters. The average molecular weight is 383 g/mol. The van der Waals surface area contributed by atoms with Gasteiger partial charge >= 0.3 is 0 Å². The maximum Gasteiger partial charge on any atom is 0.260 e. The fourth-order valence-electron chi connectivity index (χ4n) is 2.85. The molecule has 1 aliphatic rings. The van der Waals surface area contributed by atoms with Crippen molar-refractivity contribution >= 4 is 5.91 Å². The Morgan fingerprint density at radius 2 is 1.89 bits per heavy atom. The van der Waals surface area contributed by atoms with Crippen LogP contribution in [0.25, 0.3) is 22.8 Å². The Hall–Kier alpha value is -3.26. The molecular formula is C20H18FN3O4. The van der Waals surface area contributed by atoms with E-state index in [1.165, 1.54) is 12.1 Å². The standard InChI is InChI=1S/C20H18FN3O4/c21-16-5-1-4-15(11-16)20-22-19(23-28-20)14-3-2-6-17(12-14)27-13-18(25)24-7-9-26-10-8-24/h1-6,11-12H,7-10,13H2. The largest absolute Gasteiger partial charge is 0.484 e. The first-order chi connectivity index (χ1) is 13.7. The summed E-state index contributed by atoms with van der Waals surface area (Å²) in [6.45, 7) is 2.20. The van der Waals surface area contributed by atoms with Crippen molar-refractivity contribution < 1.29 is 23.2 Å². The molecule has 1 saturated heterocycles. The minimum absolute atomic E-state index is 0.0513. The molecule has 7 nitrogen and oxygen atoms in total. The van der Waals surface area contributed by atoms with Gasteiger partial charge in [0.25, 0.3) is 11.8 Å². The first kappa shape index (κ1) is 18.1. The van der Waals surface area contributed by atoms with E-state index in [9.17, 15) is 9.18 Å². The number of aromatic nitrogens is 2. The fraction of sp³-hybridized carbons (Fsp3) is 0.250. The lowest BCUT2D eigenvalue weighted by molar-refractivity contribution is -0.137. The summed E-state index contributed by atoms with van der Waals surface area (Å²) in [4.78, 5) is 18.2. The van der Waals surface area contributed by atoms with Crippen LogP contribution in [-0.4, -0.2) is 53.9 Å². The Morgan fingerprint density at radius 3 is 2.71 bits per heavy atom. The predicted molar refractivity (Wildman–Crippen MR) is 98.0 cm³/mol. The summed E-state index contributed by atoms with van der Waals surface area (Å²) in [5.41, 5.74) is 1.17. The summed E-state index contributed by atoms with van der Waals surface area (Å²) in [7, 11) is 0. The number of rotatable bonds is 5. The molecular weight excluding hydrogens is 365 g/mol. The maximum absolute atomic E-state index is 13.4. The zero-order chi connectivity index (χ0) is 19.3. The maximum atomic E-state index is 13.4. The van der Waals surface area contributed by atoms with E-state index < -0.39 is 0 Å². The molecule has 0 bridgehead atoms. The summed E-state index contributed by atoms with van der Waals surface area (Å²) >= 11 is 0. The van der Waals surface area contributed by atoms with E-state index in [-0.39, 0.29) is 24.2 Å². The lowest BCUT2D eigenvalue weighted by Gasteiger charge is -2.26. The number of nitrogens with zero attached hydrogens (tertiary/aromatic N) is 3. The zero-order valence-electron chi connectivity index (χ0n) is 15.0. The van der Waals surface area contributed by atoms with E-state index in [0.29, 0.717) is 49.0 Å². The molecule has 28 heavy (non-hydrogen) atoms. The van der Waals surface area contributed by atoms with Crippen molar-refractivity contribution in [2.75, 3.05) is 32.9 Å². The third-order valence-electron chi connectivity index (χ3n) is 4.32. The number of ether oxygens (including phenoxy) is 2. The molecule has 2 aromatic carbocycles. The molecule has 0 radical (unpaired) electrons. The second kappa shape index (κ2) is 8.18. The number of hydrogen-bond donors (Lipinski definition) is 0.